The van der Waals surface area contributed by atoms with Crippen molar-refractivity contribution in [1.82, 2.24) is 9.55 Å². The molecule has 0 atom stereocenters. The highest BCUT2D eigenvalue weighted by Crippen LogP contribution is 2.24. The van der Waals surface area contributed by atoms with Gasteiger partial charge in [-0.1, -0.05) is 0 Å². The predicted molar refractivity (Wildman–Crippen MR) is 66.0 cm³/mol. The summed E-state index contributed by atoms with van der Waals surface area (Å²) in [7, 11) is 1.64. The van der Waals surface area contributed by atoms with Crippen LogP contribution in [0.3, 0.4) is 0 Å². The van der Waals surface area contributed by atoms with E-state index >= 15 is 0 Å². The Hall–Kier alpha value is -2.02. The van der Waals surface area contributed by atoms with Crippen LogP contribution in [-0.2, 0) is 6.42 Å². The molecule has 0 aliphatic rings. The molecule has 17 heavy (non-hydrogen) atoms. The molecule has 0 unspecified atom stereocenters. The first-order valence-electron chi connectivity index (χ1n) is 5.59. The number of rotatable bonds is 3. The third-order valence-corrected chi connectivity index (χ3v) is 2.72. The van der Waals surface area contributed by atoms with E-state index in [1.807, 2.05) is 18.2 Å². The number of hydrogen-bond acceptors (Lipinski definition) is 3. The number of hydrogen-bond donors (Lipinski definition) is 0. The molecule has 4 heteroatoms. The smallest absolute Gasteiger partial charge is 0.124 e. The molecule has 0 N–H and O–H groups in total. The van der Waals surface area contributed by atoms with E-state index in [0.29, 0.717) is 6.42 Å². The molecule has 1 aromatic heterocycles. The number of nitrogens with zero attached hydrogens (tertiary/aromatic N) is 3. The lowest BCUT2D eigenvalue weighted by Gasteiger charge is -2.11. The normalized spacial score (nSPS) is 10.8. The van der Waals surface area contributed by atoms with Gasteiger partial charge in [-0.15, -0.1) is 0 Å². The van der Waals surface area contributed by atoms with Crippen LogP contribution in [0.15, 0.2) is 18.2 Å². The minimum absolute atomic E-state index is 0.289. The average Bonchev–Trinajstić information content (AvgIpc) is 2.66. The van der Waals surface area contributed by atoms with Gasteiger partial charge in [-0.05, 0) is 26.0 Å². The van der Waals surface area contributed by atoms with Crippen molar-refractivity contribution in [3.05, 3.63) is 24.0 Å². The van der Waals surface area contributed by atoms with Gasteiger partial charge in [0.15, 0.2) is 0 Å². The molecule has 0 fully saturated rings. The van der Waals surface area contributed by atoms with Gasteiger partial charge in [-0.2, -0.15) is 5.26 Å². The standard InChI is InChI=1S/C13H15N3O/c1-9(2)16-12-5-4-10(17-3)8-11(12)15-13(16)6-7-14/h4-5,8-9H,6H2,1-3H3. The van der Waals surface area contributed by atoms with Gasteiger partial charge in [0.1, 0.15) is 11.6 Å². The number of fused-ring (bicyclic) bond motifs is 1. The second kappa shape index (κ2) is 4.46. The van der Waals surface area contributed by atoms with Crippen LogP contribution in [0.2, 0.25) is 0 Å². The zero-order chi connectivity index (χ0) is 12.4. The summed E-state index contributed by atoms with van der Waals surface area (Å²) in [5.41, 5.74) is 1.93. The van der Waals surface area contributed by atoms with Crippen molar-refractivity contribution in [1.29, 1.82) is 5.26 Å². The van der Waals surface area contributed by atoms with E-state index in [1.165, 1.54) is 0 Å². The fraction of sp³-hybridized carbons (Fsp3) is 0.385. The number of imidazole rings is 1. The van der Waals surface area contributed by atoms with Crippen LogP contribution < -0.4 is 4.74 Å². The molecule has 0 aliphatic carbocycles. The van der Waals surface area contributed by atoms with Crippen molar-refractivity contribution < 1.29 is 4.74 Å². The maximum atomic E-state index is 8.82. The van der Waals surface area contributed by atoms with Crippen molar-refractivity contribution in [2.75, 3.05) is 7.11 Å². The summed E-state index contributed by atoms with van der Waals surface area (Å²) in [6.45, 7) is 4.18. The topological polar surface area (TPSA) is 50.8 Å². The molecule has 0 aliphatic heterocycles. The number of methoxy groups -OCH3 is 1. The van der Waals surface area contributed by atoms with Crippen LogP contribution in [0.25, 0.3) is 11.0 Å². The van der Waals surface area contributed by atoms with Crippen molar-refractivity contribution in [3.63, 3.8) is 0 Å². The molecule has 2 rings (SSSR count). The lowest BCUT2D eigenvalue weighted by molar-refractivity contribution is 0.415. The minimum atomic E-state index is 0.289. The zero-order valence-electron chi connectivity index (χ0n) is 10.3. The van der Waals surface area contributed by atoms with E-state index in [2.05, 4.69) is 29.5 Å². The molecule has 2 aromatic rings. The van der Waals surface area contributed by atoms with Gasteiger partial charge in [-0.3, -0.25) is 0 Å². The van der Waals surface area contributed by atoms with Gasteiger partial charge in [0, 0.05) is 12.1 Å². The summed E-state index contributed by atoms with van der Waals surface area (Å²) in [5, 5.41) is 8.82. The molecule has 0 spiro atoms. The van der Waals surface area contributed by atoms with Crippen LogP contribution in [0.5, 0.6) is 5.75 Å². The number of aromatic nitrogens is 2. The van der Waals surface area contributed by atoms with Crippen LogP contribution in [0, 0.1) is 11.3 Å². The molecule has 0 amide bonds. The van der Waals surface area contributed by atoms with Gasteiger partial charge < -0.3 is 9.30 Å². The van der Waals surface area contributed by atoms with Gasteiger partial charge in [0.2, 0.25) is 0 Å². The highest BCUT2D eigenvalue weighted by Gasteiger charge is 2.13. The highest BCUT2D eigenvalue weighted by atomic mass is 16.5. The monoisotopic (exact) mass is 229 g/mol. The first-order chi connectivity index (χ1) is 8.17. The predicted octanol–water partition coefficient (Wildman–Crippen LogP) is 2.69. The van der Waals surface area contributed by atoms with Gasteiger partial charge in [-0.25, -0.2) is 4.98 Å². The minimum Gasteiger partial charge on any atom is -0.497 e. The second-order valence-electron chi connectivity index (χ2n) is 4.18. The lowest BCUT2D eigenvalue weighted by Crippen LogP contribution is -2.05. The molecule has 0 radical (unpaired) electrons. The van der Waals surface area contributed by atoms with Crippen LogP contribution >= 0.6 is 0 Å². The average molecular weight is 229 g/mol. The molecule has 0 saturated heterocycles. The maximum absolute atomic E-state index is 8.82. The molecular weight excluding hydrogens is 214 g/mol. The first kappa shape index (κ1) is 11.5. The van der Waals surface area contributed by atoms with Gasteiger partial charge in [0.25, 0.3) is 0 Å². The van der Waals surface area contributed by atoms with E-state index in [1.54, 1.807) is 7.11 Å². The molecule has 1 aromatic carbocycles. The molecular formula is C13H15N3O. The fourth-order valence-electron chi connectivity index (χ4n) is 2.03. The SMILES string of the molecule is COc1ccc2c(c1)nc(CC#N)n2C(C)C. The summed E-state index contributed by atoms with van der Waals surface area (Å²) in [6.07, 6.45) is 0.329. The highest BCUT2D eigenvalue weighted by molar-refractivity contribution is 5.78. The first-order valence-corrected chi connectivity index (χ1v) is 5.59. The van der Waals surface area contributed by atoms with E-state index in [4.69, 9.17) is 10.00 Å². The quantitative estimate of drug-likeness (QED) is 0.813. The molecule has 0 bridgehead atoms. The molecule has 88 valence electrons. The van der Waals surface area contributed by atoms with Crippen molar-refractivity contribution in [3.8, 4) is 11.8 Å². The van der Waals surface area contributed by atoms with E-state index < -0.39 is 0 Å². The van der Waals surface area contributed by atoms with E-state index in [9.17, 15) is 0 Å². The number of ether oxygens (including phenoxy) is 1. The Kier molecular flexibility index (Phi) is 3.01. The van der Waals surface area contributed by atoms with E-state index in [-0.39, 0.29) is 6.04 Å². The Labute approximate surface area is 100 Å². The number of benzene rings is 1. The summed E-state index contributed by atoms with van der Waals surface area (Å²) in [4.78, 5) is 4.49. The Morgan fingerprint density at radius 1 is 1.47 bits per heavy atom. The van der Waals surface area contributed by atoms with Crippen LogP contribution in [-0.4, -0.2) is 16.7 Å². The summed E-state index contributed by atoms with van der Waals surface area (Å²) >= 11 is 0. The van der Waals surface area contributed by atoms with Gasteiger partial charge >= 0.3 is 0 Å². The Bertz CT molecular complexity index is 578. The third-order valence-electron chi connectivity index (χ3n) is 2.72. The molecule has 0 saturated carbocycles. The lowest BCUT2D eigenvalue weighted by atomic mass is 10.2. The zero-order valence-corrected chi connectivity index (χ0v) is 10.3. The summed E-state index contributed by atoms with van der Waals surface area (Å²) < 4.78 is 7.27. The third kappa shape index (κ3) is 1.96. The Morgan fingerprint density at radius 2 is 2.24 bits per heavy atom. The van der Waals surface area contributed by atoms with Gasteiger partial charge in [0.05, 0.1) is 30.6 Å². The van der Waals surface area contributed by atoms with E-state index in [0.717, 1.165) is 22.6 Å². The largest absolute Gasteiger partial charge is 0.497 e. The Balaban J connectivity index is 2.66. The maximum Gasteiger partial charge on any atom is 0.124 e. The number of nitriles is 1. The molecule has 1 heterocycles. The van der Waals surface area contributed by atoms with Crippen LogP contribution in [0.1, 0.15) is 25.7 Å². The Morgan fingerprint density at radius 3 is 2.82 bits per heavy atom. The summed E-state index contributed by atoms with van der Waals surface area (Å²) in [5.74, 6) is 1.60. The van der Waals surface area contributed by atoms with Crippen molar-refractivity contribution in [2.24, 2.45) is 0 Å². The summed E-state index contributed by atoms with van der Waals surface area (Å²) in [6, 6.07) is 8.24. The fourth-order valence-corrected chi connectivity index (χ4v) is 2.03. The molecule has 4 nitrogen and oxygen atoms in total. The van der Waals surface area contributed by atoms with Crippen molar-refractivity contribution in [2.45, 2.75) is 26.3 Å². The second-order valence-corrected chi connectivity index (χ2v) is 4.18. The van der Waals surface area contributed by atoms with Crippen LogP contribution in [0.4, 0.5) is 0 Å². The van der Waals surface area contributed by atoms with Crippen molar-refractivity contribution >= 4 is 11.0 Å².